The summed E-state index contributed by atoms with van der Waals surface area (Å²) in [5.41, 5.74) is 2.14. The maximum absolute atomic E-state index is 11.9. The number of ether oxygens (including phenoxy) is 1. The van der Waals surface area contributed by atoms with Crippen LogP contribution in [0.3, 0.4) is 0 Å². The third kappa shape index (κ3) is 3.44. The van der Waals surface area contributed by atoms with Crippen LogP contribution in [0, 0.1) is 6.92 Å². The van der Waals surface area contributed by atoms with E-state index in [1.807, 2.05) is 30.3 Å². The van der Waals surface area contributed by atoms with Crippen LogP contribution in [0.5, 0.6) is 5.75 Å². The van der Waals surface area contributed by atoms with Crippen molar-refractivity contribution in [2.75, 3.05) is 11.9 Å². The number of nitrogens with zero attached hydrogens (tertiary/aromatic N) is 1. The number of aromatic nitrogens is 1. The van der Waals surface area contributed by atoms with Crippen LogP contribution in [0.4, 0.5) is 5.69 Å². The van der Waals surface area contributed by atoms with E-state index in [1.165, 1.54) is 0 Å². The topological polar surface area (TPSA) is 64.4 Å². The Bertz CT molecular complexity index is 781. The molecule has 0 bridgehead atoms. The van der Waals surface area contributed by atoms with Gasteiger partial charge in [0.25, 0.3) is 0 Å². The van der Waals surface area contributed by atoms with E-state index in [-0.39, 0.29) is 12.3 Å². The number of oxazole rings is 1. The number of rotatable bonds is 5. The lowest BCUT2D eigenvalue weighted by Crippen LogP contribution is -2.15. The highest BCUT2D eigenvalue weighted by molar-refractivity contribution is 5.92. The van der Waals surface area contributed by atoms with Crippen molar-refractivity contribution < 1.29 is 13.9 Å². The Balaban J connectivity index is 1.54. The SMILES string of the molecule is Cc1nc2cc(NC(=O)CCOc3ccccc3)ccc2o1. The van der Waals surface area contributed by atoms with Gasteiger partial charge in [-0.3, -0.25) is 4.79 Å². The molecule has 0 fully saturated rings. The van der Waals surface area contributed by atoms with Crippen molar-refractivity contribution in [2.24, 2.45) is 0 Å². The molecule has 0 aliphatic heterocycles. The van der Waals surface area contributed by atoms with Crippen molar-refractivity contribution in [3.05, 3.63) is 54.4 Å². The fraction of sp³-hybridized carbons (Fsp3) is 0.176. The van der Waals surface area contributed by atoms with E-state index >= 15 is 0 Å². The molecule has 0 saturated heterocycles. The highest BCUT2D eigenvalue weighted by atomic mass is 16.5. The lowest BCUT2D eigenvalue weighted by molar-refractivity contribution is -0.116. The number of hydrogen-bond acceptors (Lipinski definition) is 4. The van der Waals surface area contributed by atoms with Crippen LogP contribution >= 0.6 is 0 Å². The number of para-hydroxylation sites is 1. The van der Waals surface area contributed by atoms with Crippen molar-refractivity contribution in [3.63, 3.8) is 0 Å². The van der Waals surface area contributed by atoms with Gasteiger partial charge in [-0.25, -0.2) is 4.98 Å². The molecule has 5 nitrogen and oxygen atoms in total. The number of aryl methyl sites for hydroxylation is 1. The normalized spacial score (nSPS) is 10.6. The quantitative estimate of drug-likeness (QED) is 0.782. The van der Waals surface area contributed by atoms with Crippen LogP contribution in [-0.2, 0) is 4.79 Å². The fourth-order valence-corrected chi connectivity index (χ4v) is 2.12. The van der Waals surface area contributed by atoms with Gasteiger partial charge < -0.3 is 14.5 Å². The van der Waals surface area contributed by atoms with Gasteiger partial charge in [0, 0.05) is 12.6 Å². The summed E-state index contributed by atoms with van der Waals surface area (Å²) in [6.07, 6.45) is 0.283. The first-order valence-corrected chi connectivity index (χ1v) is 7.05. The first-order valence-electron chi connectivity index (χ1n) is 7.05. The van der Waals surface area contributed by atoms with E-state index in [4.69, 9.17) is 9.15 Å². The predicted molar refractivity (Wildman–Crippen MR) is 83.9 cm³/mol. The number of amides is 1. The van der Waals surface area contributed by atoms with Crippen LogP contribution < -0.4 is 10.1 Å². The summed E-state index contributed by atoms with van der Waals surface area (Å²) >= 11 is 0. The third-order valence-electron chi connectivity index (χ3n) is 3.12. The fourth-order valence-electron chi connectivity index (χ4n) is 2.12. The van der Waals surface area contributed by atoms with Crippen LogP contribution in [0.15, 0.2) is 52.9 Å². The average Bonchev–Trinajstić information content (AvgIpc) is 2.87. The van der Waals surface area contributed by atoms with Crippen molar-refractivity contribution in [3.8, 4) is 5.75 Å². The van der Waals surface area contributed by atoms with Crippen molar-refractivity contribution >= 4 is 22.7 Å². The second-order valence-electron chi connectivity index (χ2n) is 4.88. The molecule has 2 aromatic carbocycles. The first kappa shape index (κ1) is 14.1. The van der Waals surface area contributed by atoms with E-state index < -0.39 is 0 Å². The molecule has 0 radical (unpaired) electrons. The zero-order valence-corrected chi connectivity index (χ0v) is 12.2. The van der Waals surface area contributed by atoms with Crippen molar-refractivity contribution in [2.45, 2.75) is 13.3 Å². The molecule has 0 aliphatic rings. The molecule has 5 heteroatoms. The molecule has 22 heavy (non-hydrogen) atoms. The molecule has 1 N–H and O–H groups in total. The molecule has 3 aromatic rings. The second-order valence-corrected chi connectivity index (χ2v) is 4.88. The number of nitrogens with one attached hydrogen (secondary N) is 1. The molecule has 0 aliphatic carbocycles. The number of anilines is 1. The van der Waals surface area contributed by atoms with Gasteiger partial charge >= 0.3 is 0 Å². The summed E-state index contributed by atoms with van der Waals surface area (Å²) in [5, 5.41) is 2.83. The summed E-state index contributed by atoms with van der Waals surface area (Å²) in [6.45, 7) is 2.13. The Hall–Kier alpha value is -2.82. The maximum atomic E-state index is 11.9. The van der Waals surface area contributed by atoms with Crippen LogP contribution in [0.25, 0.3) is 11.1 Å². The lowest BCUT2D eigenvalue weighted by Gasteiger charge is -2.07. The predicted octanol–water partition coefficient (Wildman–Crippen LogP) is 3.54. The van der Waals surface area contributed by atoms with Gasteiger partial charge in [0.1, 0.15) is 11.3 Å². The molecule has 112 valence electrons. The highest BCUT2D eigenvalue weighted by Gasteiger charge is 2.06. The van der Waals surface area contributed by atoms with Gasteiger partial charge in [-0.1, -0.05) is 18.2 Å². The van der Waals surface area contributed by atoms with Crippen LogP contribution in [0.2, 0.25) is 0 Å². The zero-order valence-electron chi connectivity index (χ0n) is 12.2. The van der Waals surface area contributed by atoms with Gasteiger partial charge in [0.2, 0.25) is 5.91 Å². The van der Waals surface area contributed by atoms with Gasteiger partial charge in [0.15, 0.2) is 11.5 Å². The molecule has 1 amide bonds. The summed E-state index contributed by atoms with van der Waals surface area (Å²) in [4.78, 5) is 16.1. The molecule has 0 atom stereocenters. The maximum Gasteiger partial charge on any atom is 0.227 e. The van der Waals surface area contributed by atoms with E-state index in [0.717, 1.165) is 11.3 Å². The summed E-state index contributed by atoms with van der Waals surface area (Å²) in [7, 11) is 0. The molecule has 0 spiro atoms. The average molecular weight is 296 g/mol. The smallest absolute Gasteiger partial charge is 0.227 e. The summed E-state index contributed by atoms with van der Waals surface area (Å²) in [5.74, 6) is 1.26. The van der Waals surface area contributed by atoms with E-state index in [2.05, 4.69) is 10.3 Å². The number of carbonyl (C=O) groups is 1. The van der Waals surface area contributed by atoms with Gasteiger partial charge in [-0.2, -0.15) is 0 Å². The largest absolute Gasteiger partial charge is 0.493 e. The lowest BCUT2D eigenvalue weighted by atomic mass is 10.2. The molecule has 3 rings (SSSR count). The number of benzene rings is 2. The number of carbonyl (C=O) groups excluding carboxylic acids is 1. The molecule has 1 heterocycles. The van der Waals surface area contributed by atoms with Gasteiger partial charge in [-0.05, 0) is 30.3 Å². The molecule has 0 unspecified atom stereocenters. The van der Waals surface area contributed by atoms with Crippen LogP contribution in [-0.4, -0.2) is 17.5 Å². The van der Waals surface area contributed by atoms with Crippen molar-refractivity contribution in [1.82, 2.24) is 4.98 Å². The van der Waals surface area contributed by atoms with Crippen LogP contribution in [0.1, 0.15) is 12.3 Å². The summed E-state index contributed by atoms with van der Waals surface area (Å²) in [6, 6.07) is 14.8. The minimum absolute atomic E-state index is 0.101. The van der Waals surface area contributed by atoms with Gasteiger partial charge in [-0.15, -0.1) is 0 Å². The Labute approximate surface area is 127 Å². The number of fused-ring (bicyclic) bond motifs is 1. The van der Waals surface area contributed by atoms with E-state index in [1.54, 1.807) is 25.1 Å². The number of hydrogen-bond donors (Lipinski definition) is 1. The molecule has 1 aromatic heterocycles. The standard InChI is InChI=1S/C17H16N2O3/c1-12-18-15-11-13(7-8-16(15)22-12)19-17(20)9-10-21-14-5-3-2-4-6-14/h2-8,11H,9-10H2,1H3,(H,19,20). The first-order chi connectivity index (χ1) is 10.7. The minimum atomic E-state index is -0.101. The highest BCUT2D eigenvalue weighted by Crippen LogP contribution is 2.19. The Morgan fingerprint density at radius 1 is 1.23 bits per heavy atom. The van der Waals surface area contributed by atoms with Gasteiger partial charge in [0.05, 0.1) is 13.0 Å². The molecular weight excluding hydrogens is 280 g/mol. The third-order valence-corrected chi connectivity index (χ3v) is 3.12. The Morgan fingerprint density at radius 2 is 2.05 bits per heavy atom. The van der Waals surface area contributed by atoms with E-state index in [9.17, 15) is 4.79 Å². The van der Waals surface area contributed by atoms with E-state index in [0.29, 0.717) is 23.8 Å². The minimum Gasteiger partial charge on any atom is -0.493 e. The monoisotopic (exact) mass is 296 g/mol. The summed E-state index contributed by atoms with van der Waals surface area (Å²) < 4.78 is 10.9. The molecule has 0 saturated carbocycles. The molecular formula is C17H16N2O3. The second kappa shape index (κ2) is 6.30. The Morgan fingerprint density at radius 3 is 2.86 bits per heavy atom. The zero-order chi connectivity index (χ0) is 15.4. The Kier molecular flexibility index (Phi) is 4.05. The van der Waals surface area contributed by atoms with Crippen molar-refractivity contribution in [1.29, 1.82) is 0 Å².